The molecule has 0 aromatic carbocycles. The van der Waals surface area contributed by atoms with Crippen LogP contribution in [0.2, 0.25) is 0 Å². The summed E-state index contributed by atoms with van der Waals surface area (Å²) in [5.41, 5.74) is 5.71. The first-order chi connectivity index (χ1) is 16.3. The molecule has 0 fully saturated rings. The molecule has 0 aliphatic rings. The van der Waals surface area contributed by atoms with Crippen LogP contribution in [-0.2, 0) is 38.1 Å². The fourth-order valence-electron chi connectivity index (χ4n) is 3.16. The van der Waals surface area contributed by atoms with E-state index in [4.69, 9.17) is 24.7 Å². The fraction of sp³-hybridized carbons (Fsp3) is 0.818. The molecule has 0 spiro atoms. The Morgan fingerprint density at radius 1 is 0.471 bits per heavy atom. The smallest absolute Gasteiger partial charge is 0.306 e. The van der Waals surface area contributed by atoms with Gasteiger partial charge in [-0.05, 0) is 0 Å². The Balaban J connectivity index is 5.04. The van der Waals surface area contributed by atoms with Gasteiger partial charge in [0.05, 0.1) is 54.1 Å². The Labute approximate surface area is 202 Å². The molecule has 12 heteroatoms. The van der Waals surface area contributed by atoms with Crippen LogP contribution in [0.1, 0.15) is 25.7 Å². The molecule has 0 radical (unpaired) electrons. The zero-order chi connectivity index (χ0) is 25.8. The molecule has 0 atom stereocenters. The molecule has 0 aliphatic carbocycles. The minimum atomic E-state index is -0.325. The van der Waals surface area contributed by atoms with Gasteiger partial charge in [-0.25, -0.2) is 0 Å². The van der Waals surface area contributed by atoms with Crippen molar-refractivity contribution in [2.45, 2.75) is 25.7 Å². The first kappa shape index (κ1) is 31.7. The van der Waals surface area contributed by atoms with Gasteiger partial charge in [0.2, 0.25) is 0 Å². The predicted octanol–water partition coefficient (Wildman–Crippen LogP) is -0.896. The lowest BCUT2D eigenvalue weighted by atomic mass is 10.3. The molecular weight excluding hydrogens is 448 g/mol. The van der Waals surface area contributed by atoms with Crippen molar-refractivity contribution in [3.8, 4) is 0 Å². The van der Waals surface area contributed by atoms with E-state index in [0.717, 1.165) is 0 Å². The van der Waals surface area contributed by atoms with Crippen molar-refractivity contribution >= 4 is 23.9 Å². The Hall–Kier alpha value is -2.28. The fourth-order valence-corrected chi connectivity index (χ4v) is 3.16. The van der Waals surface area contributed by atoms with E-state index in [1.807, 2.05) is 4.90 Å². The van der Waals surface area contributed by atoms with E-state index in [-0.39, 0.29) is 49.6 Å². The van der Waals surface area contributed by atoms with Gasteiger partial charge < -0.3 is 39.4 Å². The number of hydrogen-bond acceptors (Lipinski definition) is 12. The van der Waals surface area contributed by atoms with E-state index in [2.05, 4.69) is 9.80 Å². The summed E-state index contributed by atoms with van der Waals surface area (Å²) in [5, 5.41) is 0. The van der Waals surface area contributed by atoms with Crippen LogP contribution in [0.3, 0.4) is 0 Å². The molecule has 0 aliphatic heterocycles. The van der Waals surface area contributed by atoms with Gasteiger partial charge in [0, 0.05) is 65.4 Å². The van der Waals surface area contributed by atoms with Crippen molar-refractivity contribution in [2.75, 3.05) is 93.9 Å². The van der Waals surface area contributed by atoms with E-state index >= 15 is 0 Å². The van der Waals surface area contributed by atoms with E-state index in [1.165, 1.54) is 28.4 Å². The minimum absolute atomic E-state index is 0.206. The summed E-state index contributed by atoms with van der Waals surface area (Å²) in [7, 11) is 5.38. The standard InChI is InChI=1S/C22H42N4O8/c1-31-19(27)5-10-24(11-6-20(28)32-2)15-17-26(13-8-22(30)34-4)18-16-25(14-9-23)12-7-21(29)33-3/h5-18,23H2,1-4H3. The third-order valence-electron chi connectivity index (χ3n) is 5.35. The third-order valence-corrected chi connectivity index (χ3v) is 5.35. The normalized spacial score (nSPS) is 11.1. The van der Waals surface area contributed by atoms with Crippen LogP contribution in [0.5, 0.6) is 0 Å². The Morgan fingerprint density at radius 2 is 0.706 bits per heavy atom. The Kier molecular flexibility index (Phi) is 18.8. The van der Waals surface area contributed by atoms with Crippen molar-refractivity contribution in [3.63, 3.8) is 0 Å². The molecule has 2 N–H and O–H groups in total. The summed E-state index contributed by atoms with van der Waals surface area (Å²) < 4.78 is 18.9. The summed E-state index contributed by atoms with van der Waals surface area (Å²) in [5.74, 6) is -1.23. The van der Waals surface area contributed by atoms with Gasteiger partial charge in [-0.15, -0.1) is 0 Å². The second-order valence-corrected chi connectivity index (χ2v) is 7.62. The predicted molar refractivity (Wildman–Crippen MR) is 125 cm³/mol. The first-order valence-electron chi connectivity index (χ1n) is 11.4. The van der Waals surface area contributed by atoms with Crippen LogP contribution in [-0.4, -0.2) is 132 Å². The van der Waals surface area contributed by atoms with Crippen LogP contribution in [0.4, 0.5) is 0 Å². The average molecular weight is 491 g/mol. The summed E-state index contributed by atoms with van der Waals surface area (Å²) in [4.78, 5) is 52.5. The lowest BCUT2D eigenvalue weighted by Gasteiger charge is -2.29. The molecule has 12 nitrogen and oxygen atoms in total. The van der Waals surface area contributed by atoms with Gasteiger partial charge in [-0.3, -0.25) is 19.2 Å². The minimum Gasteiger partial charge on any atom is -0.469 e. The zero-order valence-electron chi connectivity index (χ0n) is 21.1. The molecular formula is C22H42N4O8. The molecule has 198 valence electrons. The molecule has 34 heavy (non-hydrogen) atoms. The maximum Gasteiger partial charge on any atom is 0.306 e. The van der Waals surface area contributed by atoms with Gasteiger partial charge in [-0.2, -0.15) is 0 Å². The van der Waals surface area contributed by atoms with Crippen LogP contribution >= 0.6 is 0 Å². The number of nitrogens with zero attached hydrogens (tertiary/aromatic N) is 3. The van der Waals surface area contributed by atoms with Crippen LogP contribution in [0.15, 0.2) is 0 Å². The van der Waals surface area contributed by atoms with Crippen LogP contribution in [0, 0.1) is 0 Å². The maximum atomic E-state index is 11.7. The van der Waals surface area contributed by atoms with Crippen LogP contribution < -0.4 is 5.73 Å². The van der Waals surface area contributed by atoms with E-state index < -0.39 is 0 Å². The van der Waals surface area contributed by atoms with Gasteiger partial charge >= 0.3 is 23.9 Å². The van der Waals surface area contributed by atoms with Gasteiger partial charge in [0.1, 0.15) is 0 Å². The summed E-state index contributed by atoms with van der Waals surface area (Å²) in [6.45, 7) is 5.45. The maximum absolute atomic E-state index is 11.7. The number of hydrogen-bond donors (Lipinski definition) is 1. The second-order valence-electron chi connectivity index (χ2n) is 7.62. The van der Waals surface area contributed by atoms with Crippen molar-refractivity contribution in [2.24, 2.45) is 5.73 Å². The van der Waals surface area contributed by atoms with Gasteiger partial charge in [0.15, 0.2) is 0 Å². The number of ether oxygens (including phenoxy) is 4. The molecule has 0 heterocycles. The van der Waals surface area contributed by atoms with Crippen molar-refractivity contribution in [1.82, 2.24) is 14.7 Å². The lowest BCUT2D eigenvalue weighted by Crippen LogP contribution is -2.43. The number of nitrogens with two attached hydrogens (primary N) is 1. The molecule has 0 aromatic heterocycles. The molecule has 0 rings (SSSR count). The number of carbonyl (C=O) groups is 4. The largest absolute Gasteiger partial charge is 0.469 e. The summed E-state index contributed by atoms with van der Waals surface area (Å²) in [6, 6.07) is 0. The van der Waals surface area contributed by atoms with Crippen molar-refractivity contribution < 1.29 is 38.1 Å². The highest BCUT2D eigenvalue weighted by Crippen LogP contribution is 2.02. The molecule has 0 amide bonds. The number of carbonyl (C=O) groups excluding carboxylic acids is 4. The van der Waals surface area contributed by atoms with Crippen molar-refractivity contribution in [3.05, 3.63) is 0 Å². The number of esters is 4. The lowest BCUT2D eigenvalue weighted by molar-refractivity contribution is -0.142. The van der Waals surface area contributed by atoms with E-state index in [0.29, 0.717) is 65.4 Å². The number of rotatable bonds is 20. The summed E-state index contributed by atoms with van der Waals surface area (Å²) in [6.07, 6.45) is 0.919. The molecule has 0 aromatic rings. The highest BCUT2D eigenvalue weighted by molar-refractivity contribution is 5.70. The zero-order valence-corrected chi connectivity index (χ0v) is 21.1. The van der Waals surface area contributed by atoms with Crippen LogP contribution in [0.25, 0.3) is 0 Å². The second kappa shape index (κ2) is 20.1. The molecule has 0 bridgehead atoms. The van der Waals surface area contributed by atoms with Gasteiger partial charge in [0.25, 0.3) is 0 Å². The van der Waals surface area contributed by atoms with Crippen molar-refractivity contribution in [1.29, 1.82) is 0 Å². The summed E-state index contributed by atoms with van der Waals surface area (Å²) >= 11 is 0. The number of methoxy groups -OCH3 is 4. The monoisotopic (exact) mass is 490 g/mol. The Bertz CT molecular complexity index is 585. The highest BCUT2D eigenvalue weighted by atomic mass is 16.5. The average Bonchev–Trinajstić information content (AvgIpc) is 2.86. The topological polar surface area (TPSA) is 141 Å². The third kappa shape index (κ3) is 16.4. The SMILES string of the molecule is COC(=O)CCN(CCN)CCN(CCC(=O)OC)CCN(CCC(=O)OC)CCC(=O)OC. The first-order valence-corrected chi connectivity index (χ1v) is 11.4. The molecule has 0 saturated heterocycles. The quantitative estimate of drug-likeness (QED) is 0.167. The highest BCUT2D eigenvalue weighted by Gasteiger charge is 2.16. The van der Waals surface area contributed by atoms with E-state index in [1.54, 1.807) is 0 Å². The molecule has 0 saturated carbocycles. The molecule has 0 unspecified atom stereocenters. The van der Waals surface area contributed by atoms with Gasteiger partial charge in [-0.1, -0.05) is 0 Å². The van der Waals surface area contributed by atoms with E-state index in [9.17, 15) is 19.2 Å². The Morgan fingerprint density at radius 3 is 0.941 bits per heavy atom.